The molecule has 1 fully saturated rings. The zero-order valence-electron chi connectivity index (χ0n) is 10.2. The largest absolute Gasteiger partial charge is 0.297 e. The van der Waals surface area contributed by atoms with Crippen LogP contribution in [0, 0.1) is 5.92 Å². The Morgan fingerprint density at radius 2 is 1.87 bits per heavy atom. The summed E-state index contributed by atoms with van der Waals surface area (Å²) in [6.45, 7) is 3.89. The Morgan fingerprint density at radius 3 is 2.40 bits per heavy atom. The molecule has 0 bridgehead atoms. The summed E-state index contributed by atoms with van der Waals surface area (Å²) in [4.78, 5) is 5.04. The van der Waals surface area contributed by atoms with Gasteiger partial charge in [0.2, 0.25) is 0 Å². The van der Waals surface area contributed by atoms with Gasteiger partial charge in [-0.3, -0.25) is 9.80 Å². The van der Waals surface area contributed by atoms with Crippen molar-refractivity contribution in [3.63, 3.8) is 0 Å². The number of nitrogens with zero attached hydrogens (tertiary/aromatic N) is 2. The topological polar surface area (TPSA) is 6.48 Å². The van der Waals surface area contributed by atoms with E-state index >= 15 is 0 Å². The Labute approximate surface area is 103 Å². The number of rotatable bonds is 6. The molecular formula is C11H24N2S2. The summed E-state index contributed by atoms with van der Waals surface area (Å²) in [5.74, 6) is 3.32. The lowest BCUT2D eigenvalue weighted by atomic mass is 9.97. The van der Waals surface area contributed by atoms with E-state index in [1.807, 2.05) is 23.5 Å². The molecule has 0 amide bonds. The first-order valence-corrected chi connectivity index (χ1v) is 8.43. The molecule has 0 aromatic carbocycles. The second kappa shape index (κ2) is 7.82. The van der Waals surface area contributed by atoms with Gasteiger partial charge in [-0.05, 0) is 51.4 Å². The van der Waals surface area contributed by atoms with Crippen LogP contribution in [0.25, 0.3) is 0 Å². The van der Waals surface area contributed by atoms with Gasteiger partial charge in [-0.15, -0.1) is 23.5 Å². The molecule has 1 aliphatic rings. The van der Waals surface area contributed by atoms with Crippen LogP contribution < -0.4 is 0 Å². The molecule has 0 atom stereocenters. The van der Waals surface area contributed by atoms with Crippen molar-refractivity contribution < 1.29 is 0 Å². The predicted molar refractivity (Wildman–Crippen MR) is 73.7 cm³/mol. The van der Waals surface area contributed by atoms with Crippen LogP contribution in [-0.4, -0.2) is 60.7 Å². The summed E-state index contributed by atoms with van der Waals surface area (Å²) < 4.78 is 0. The van der Waals surface area contributed by atoms with E-state index in [4.69, 9.17) is 0 Å². The molecule has 15 heavy (non-hydrogen) atoms. The summed E-state index contributed by atoms with van der Waals surface area (Å²) in [6, 6.07) is 0. The summed E-state index contributed by atoms with van der Waals surface area (Å²) >= 11 is 3.86. The number of thioether (sulfide) groups is 2. The van der Waals surface area contributed by atoms with Crippen LogP contribution in [0.5, 0.6) is 0 Å². The second-order valence-corrected chi connectivity index (χ2v) is 6.11. The Kier molecular flexibility index (Phi) is 7.14. The van der Waals surface area contributed by atoms with Crippen molar-refractivity contribution in [3.05, 3.63) is 0 Å². The monoisotopic (exact) mass is 248 g/mol. The predicted octanol–water partition coefficient (Wildman–Crippen LogP) is 2.27. The van der Waals surface area contributed by atoms with Crippen LogP contribution in [-0.2, 0) is 0 Å². The molecule has 1 heterocycles. The van der Waals surface area contributed by atoms with Gasteiger partial charge in [0, 0.05) is 18.3 Å². The average Bonchev–Trinajstić information content (AvgIpc) is 2.22. The number of piperidine rings is 1. The van der Waals surface area contributed by atoms with E-state index in [1.165, 1.54) is 44.2 Å². The van der Waals surface area contributed by atoms with Crippen LogP contribution in [0.15, 0.2) is 0 Å². The maximum Gasteiger partial charge on any atom is 0.0441 e. The number of likely N-dealkylation sites (tertiary alicyclic amines) is 1. The molecule has 0 unspecified atom stereocenters. The van der Waals surface area contributed by atoms with E-state index in [1.54, 1.807) is 0 Å². The van der Waals surface area contributed by atoms with Gasteiger partial charge in [0.1, 0.15) is 0 Å². The lowest BCUT2D eigenvalue weighted by molar-refractivity contribution is 0.180. The van der Waals surface area contributed by atoms with Crippen molar-refractivity contribution in [3.8, 4) is 0 Å². The zero-order valence-corrected chi connectivity index (χ0v) is 11.9. The molecule has 0 aromatic rings. The Morgan fingerprint density at radius 1 is 1.20 bits per heavy atom. The van der Waals surface area contributed by atoms with Gasteiger partial charge in [0.25, 0.3) is 0 Å². The van der Waals surface area contributed by atoms with Crippen molar-refractivity contribution in [1.82, 2.24) is 9.80 Å². The molecule has 0 aliphatic carbocycles. The first kappa shape index (κ1) is 13.7. The van der Waals surface area contributed by atoms with E-state index in [9.17, 15) is 0 Å². The van der Waals surface area contributed by atoms with Crippen LogP contribution in [0.2, 0.25) is 0 Å². The first-order valence-electron chi connectivity index (χ1n) is 5.65. The van der Waals surface area contributed by atoms with Crippen LogP contribution in [0.4, 0.5) is 0 Å². The van der Waals surface area contributed by atoms with E-state index in [-0.39, 0.29) is 0 Å². The molecule has 1 rings (SSSR count). The van der Waals surface area contributed by atoms with E-state index < -0.39 is 0 Å². The quantitative estimate of drug-likeness (QED) is 0.665. The highest BCUT2D eigenvalue weighted by Crippen LogP contribution is 2.19. The summed E-state index contributed by atoms with van der Waals surface area (Å²) in [6.07, 6.45) is 7.15. The second-order valence-electron chi connectivity index (χ2n) is 4.44. The third kappa shape index (κ3) is 5.48. The molecule has 1 aliphatic heterocycles. The average molecular weight is 248 g/mol. The van der Waals surface area contributed by atoms with Gasteiger partial charge < -0.3 is 0 Å². The molecule has 0 radical (unpaired) electrons. The smallest absolute Gasteiger partial charge is 0.0441 e. The van der Waals surface area contributed by atoms with E-state index in [0.29, 0.717) is 0 Å². The van der Waals surface area contributed by atoms with Gasteiger partial charge in [-0.25, -0.2) is 0 Å². The number of hydrogen-bond donors (Lipinski definition) is 0. The van der Waals surface area contributed by atoms with Crippen LogP contribution in [0.1, 0.15) is 12.8 Å². The minimum Gasteiger partial charge on any atom is -0.297 e. The molecule has 0 N–H and O–H groups in total. The fraction of sp³-hybridized carbons (Fsp3) is 1.00. The Bertz CT molecular complexity index is 159. The van der Waals surface area contributed by atoms with Crippen molar-refractivity contribution >= 4 is 23.5 Å². The highest BCUT2D eigenvalue weighted by Gasteiger charge is 2.19. The maximum absolute atomic E-state index is 2.58. The maximum atomic E-state index is 2.58. The molecule has 90 valence electrons. The van der Waals surface area contributed by atoms with E-state index in [2.05, 4.69) is 29.4 Å². The molecule has 1 saturated heterocycles. The first-order chi connectivity index (χ1) is 7.26. The minimum atomic E-state index is 0.931. The van der Waals surface area contributed by atoms with Gasteiger partial charge in [0.05, 0.1) is 0 Å². The highest BCUT2D eigenvalue weighted by atomic mass is 32.2. The normalized spacial score (nSPS) is 20.0. The lowest BCUT2D eigenvalue weighted by Crippen LogP contribution is -2.37. The Hall–Kier alpha value is 0.620. The van der Waals surface area contributed by atoms with Gasteiger partial charge in [0.15, 0.2) is 0 Å². The zero-order chi connectivity index (χ0) is 11.1. The fourth-order valence-electron chi connectivity index (χ4n) is 2.19. The summed E-state index contributed by atoms with van der Waals surface area (Å²) in [7, 11) is 2.24. The molecule has 2 nitrogen and oxygen atoms in total. The molecule has 0 saturated carbocycles. The third-order valence-corrected chi connectivity index (χ3v) is 4.26. The molecular weight excluding hydrogens is 224 g/mol. The van der Waals surface area contributed by atoms with Crippen molar-refractivity contribution in [1.29, 1.82) is 0 Å². The summed E-state index contributed by atoms with van der Waals surface area (Å²) in [5, 5.41) is 0. The van der Waals surface area contributed by atoms with Crippen LogP contribution in [0.3, 0.4) is 0 Å². The number of hydrogen-bond acceptors (Lipinski definition) is 4. The fourth-order valence-corrected chi connectivity index (χ4v) is 3.36. The van der Waals surface area contributed by atoms with Gasteiger partial charge in [-0.2, -0.15) is 0 Å². The van der Waals surface area contributed by atoms with Crippen molar-refractivity contribution in [2.45, 2.75) is 12.8 Å². The highest BCUT2D eigenvalue weighted by molar-refractivity contribution is 7.98. The standard InChI is InChI=1S/C11H24N2S2/c1-12(9-14-2)8-11-4-6-13(7-5-11)10-15-3/h11H,4-10H2,1-3H3. The third-order valence-electron chi connectivity index (χ3n) is 2.94. The van der Waals surface area contributed by atoms with Gasteiger partial charge in [-0.1, -0.05) is 0 Å². The SMILES string of the molecule is CSCN(C)CC1CCN(CSC)CC1. The van der Waals surface area contributed by atoms with Crippen molar-refractivity contribution in [2.75, 3.05) is 50.9 Å². The lowest BCUT2D eigenvalue weighted by Gasteiger charge is -2.33. The molecule has 0 aromatic heterocycles. The van der Waals surface area contributed by atoms with Crippen molar-refractivity contribution in [2.24, 2.45) is 5.92 Å². The Balaban J connectivity index is 2.14. The van der Waals surface area contributed by atoms with Gasteiger partial charge >= 0.3 is 0 Å². The van der Waals surface area contributed by atoms with Crippen LogP contribution >= 0.6 is 23.5 Å². The molecule has 4 heteroatoms. The summed E-state index contributed by atoms with van der Waals surface area (Å²) in [5.41, 5.74) is 0. The minimum absolute atomic E-state index is 0.931. The molecule has 0 spiro atoms. The van der Waals surface area contributed by atoms with E-state index in [0.717, 1.165) is 5.92 Å².